The fourth-order valence-corrected chi connectivity index (χ4v) is 4.42. The van der Waals surface area contributed by atoms with E-state index in [1.54, 1.807) is 4.90 Å². The molecule has 35 heavy (non-hydrogen) atoms. The van der Waals surface area contributed by atoms with Gasteiger partial charge in [0.2, 0.25) is 0 Å². The molecule has 1 fully saturated rings. The molecule has 1 aromatic heterocycles. The van der Waals surface area contributed by atoms with Crippen molar-refractivity contribution in [2.75, 3.05) is 43.1 Å². The highest BCUT2D eigenvalue weighted by molar-refractivity contribution is 5.89. The number of hydrogen-bond donors (Lipinski definition) is 3. The van der Waals surface area contributed by atoms with Gasteiger partial charge in [-0.1, -0.05) is 0 Å². The Morgan fingerprint density at radius 3 is 2.60 bits per heavy atom. The minimum atomic E-state index is -1.44. The van der Waals surface area contributed by atoms with E-state index < -0.39 is 5.60 Å². The Bertz CT molecular complexity index is 1080. The first kappa shape index (κ1) is 24.9. The Hall–Kier alpha value is -3.24. The van der Waals surface area contributed by atoms with Crippen LogP contribution in [0.15, 0.2) is 24.3 Å². The number of anilines is 2. The highest BCUT2D eigenvalue weighted by Gasteiger charge is 2.34. The Morgan fingerprint density at radius 1 is 1.20 bits per heavy atom. The number of morpholine rings is 1. The van der Waals surface area contributed by atoms with Crippen LogP contribution in [0, 0.1) is 0 Å². The largest absolute Gasteiger partial charge is 0.381 e. The second kappa shape index (κ2) is 10.2. The fraction of sp³-hybridized carbons (Fsp3) is 0.520. The zero-order chi connectivity index (χ0) is 25.2. The maximum absolute atomic E-state index is 12.8. The SMILES string of the molecule is CCNC(=O)Nc1ccc(-c2nc3c(c(N4CCOC[C@H]4C)n2)CCN(C(=O)C(C)(C)O)C3)cc1. The molecule has 10 nitrogen and oxygen atoms in total. The summed E-state index contributed by atoms with van der Waals surface area (Å²) in [6.07, 6.45) is 0.617. The van der Waals surface area contributed by atoms with Gasteiger partial charge in [-0.2, -0.15) is 0 Å². The number of carbonyl (C=O) groups excluding carboxylic acids is 2. The Labute approximate surface area is 205 Å². The number of nitrogens with one attached hydrogen (secondary N) is 2. The molecule has 0 aliphatic carbocycles. The normalized spacial score (nSPS) is 18.1. The van der Waals surface area contributed by atoms with Crippen LogP contribution in [0.25, 0.3) is 11.4 Å². The number of benzene rings is 1. The molecule has 0 unspecified atom stereocenters. The summed E-state index contributed by atoms with van der Waals surface area (Å²) in [4.78, 5) is 38.3. The van der Waals surface area contributed by atoms with E-state index in [0.717, 1.165) is 29.2 Å². The van der Waals surface area contributed by atoms with Gasteiger partial charge in [0.25, 0.3) is 5.91 Å². The van der Waals surface area contributed by atoms with E-state index >= 15 is 0 Å². The van der Waals surface area contributed by atoms with Gasteiger partial charge in [0.05, 0.1) is 31.5 Å². The van der Waals surface area contributed by atoms with Gasteiger partial charge in [-0.3, -0.25) is 4.79 Å². The van der Waals surface area contributed by atoms with Crippen LogP contribution in [0.2, 0.25) is 0 Å². The Morgan fingerprint density at radius 2 is 1.94 bits per heavy atom. The van der Waals surface area contributed by atoms with Gasteiger partial charge >= 0.3 is 6.03 Å². The lowest BCUT2D eigenvalue weighted by molar-refractivity contribution is -0.148. The lowest BCUT2D eigenvalue weighted by Crippen LogP contribution is -2.48. The quantitative estimate of drug-likeness (QED) is 0.597. The lowest BCUT2D eigenvalue weighted by atomic mass is 10.0. The number of nitrogens with zero attached hydrogens (tertiary/aromatic N) is 4. The van der Waals surface area contributed by atoms with E-state index in [1.807, 2.05) is 31.2 Å². The molecule has 1 saturated heterocycles. The van der Waals surface area contributed by atoms with Gasteiger partial charge in [0.1, 0.15) is 11.4 Å². The van der Waals surface area contributed by atoms with Gasteiger partial charge < -0.3 is 30.3 Å². The van der Waals surface area contributed by atoms with Gasteiger partial charge in [-0.15, -0.1) is 0 Å². The number of aromatic nitrogens is 2. The van der Waals surface area contributed by atoms with Crippen molar-refractivity contribution >= 4 is 23.4 Å². The monoisotopic (exact) mass is 482 g/mol. The summed E-state index contributed by atoms with van der Waals surface area (Å²) in [6.45, 7) is 10.3. The van der Waals surface area contributed by atoms with Crippen molar-refractivity contribution in [2.24, 2.45) is 0 Å². The molecule has 0 bridgehead atoms. The molecule has 188 valence electrons. The van der Waals surface area contributed by atoms with E-state index in [1.165, 1.54) is 13.8 Å². The highest BCUT2D eigenvalue weighted by atomic mass is 16.5. The molecule has 4 rings (SSSR count). The van der Waals surface area contributed by atoms with E-state index in [-0.39, 0.29) is 18.0 Å². The third kappa shape index (κ3) is 5.54. The van der Waals surface area contributed by atoms with Crippen LogP contribution in [0.5, 0.6) is 0 Å². The smallest absolute Gasteiger partial charge is 0.319 e. The van der Waals surface area contributed by atoms with Gasteiger partial charge in [0, 0.05) is 36.4 Å². The third-order valence-corrected chi connectivity index (χ3v) is 6.23. The maximum Gasteiger partial charge on any atom is 0.319 e. The van der Waals surface area contributed by atoms with Crippen molar-refractivity contribution in [3.8, 4) is 11.4 Å². The molecular weight excluding hydrogens is 448 g/mol. The van der Waals surface area contributed by atoms with Crippen molar-refractivity contribution in [3.05, 3.63) is 35.5 Å². The molecule has 3 amide bonds. The molecular formula is C25H34N6O4. The minimum Gasteiger partial charge on any atom is -0.381 e. The van der Waals surface area contributed by atoms with Crippen molar-refractivity contribution < 1.29 is 19.4 Å². The molecule has 0 radical (unpaired) electrons. The first-order valence-electron chi connectivity index (χ1n) is 12.1. The number of ether oxygens (including phenoxy) is 1. The van der Waals surface area contributed by atoms with Gasteiger partial charge in [0.15, 0.2) is 5.82 Å². The van der Waals surface area contributed by atoms with E-state index in [9.17, 15) is 14.7 Å². The third-order valence-electron chi connectivity index (χ3n) is 6.23. The van der Waals surface area contributed by atoms with E-state index in [0.29, 0.717) is 50.8 Å². The van der Waals surface area contributed by atoms with Crippen molar-refractivity contribution in [2.45, 2.75) is 52.3 Å². The Balaban J connectivity index is 1.69. The van der Waals surface area contributed by atoms with E-state index in [4.69, 9.17) is 14.7 Å². The van der Waals surface area contributed by atoms with Crippen molar-refractivity contribution in [1.29, 1.82) is 0 Å². The molecule has 3 N–H and O–H groups in total. The molecule has 0 saturated carbocycles. The number of hydrogen-bond acceptors (Lipinski definition) is 7. The molecule has 1 atom stereocenters. The molecule has 2 aliphatic heterocycles. The van der Waals surface area contributed by atoms with Crippen molar-refractivity contribution in [3.63, 3.8) is 0 Å². The molecule has 1 aromatic carbocycles. The molecule has 0 spiro atoms. The summed E-state index contributed by atoms with van der Waals surface area (Å²) in [6, 6.07) is 7.28. The topological polar surface area (TPSA) is 120 Å². The number of amides is 3. The lowest BCUT2D eigenvalue weighted by Gasteiger charge is -2.38. The number of carbonyl (C=O) groups is 2. The molecule has 2 aromatic rings. The van der Waals surface area contributed by atoms with Crippen LogP contribution in [-0.2, 0) is 22.5 Å². The summed E-state index contributed by atoms with van der Waals surface area (Å²) < 4.78 is 5.64. The average Bonchev–Trinajstić information content (AvgIpc) is 2.83. The second-order valence-electron chi connectivity index (χ2n) is 9.51. The fourth-order valence-electron chi connectivity index (χ4n) is 4.42. The Kier molecular flexibility index (Phi) is 7.23. The first-order valence-corrected chi connectivity index (χ1v) is 12.1. The van der Waals surface area contributed by atoms with Crippen LogP contribution in [-0.4, -0.2) is 76.4 Å². The van der Waals surface area contributed by atoms with Crippen LogP contribution < -0.4 is 15.5 Å². The number of urea groups is 1. The maximum atomic E-state index is 12.8. The first-order chi connectivity index (χ1) is 16.7. The summed E-state index contributed by atoms with van der Waals surface area (Å²) in [5.74, 6) is 1.12. The average molecular weight is 483 g/mol. The van der Waals surface area contributed by atoms with Crippen molar-refractivity contribution in [1.82, 2.24) is 20.2 Å². The highest BCUT2D eigenvalue weighted by Crippen LogP contribution is 2.32. The van der Waals surface area contributed by atoms with E-state index in [2.05, 4.69) is 22.5 Å². The van der Waals surface area contributed by atoms with Gasteiger partial charge in [-0.25, -0.2) is 14.8 Å². The summed E-state index contributed by atoms with van der Waals surface area (Å²) in [5, 5.41) is 15.8. The van der Waals surface area contributed by atoms with Crippen LogP contribution in [0.3, 0.4) is 0 Å². The number of aliphatic hydroxyl groups is 1. The zero-order valence-corrected chi connectivity index (χ0v) is 20.8. The number of rotatable bonds is 5. The summed E-state index contributed by atoms with van der Waals surface area (Å²) >= 11 is 0. The predicted molar refractivity (Wildman–Crippen MR) is 133 cm³/mol. The van der Waals surface area contributed by atoms with Crippen LogP contribution >= 0.6 is 0 Å². The molecule has 10 heteroatoms. The van der Waals surface area contributed by atoms with Gasteiger partial charge in [-0.05, 0) is 58.4 Å². The zero-order valence-electron chi connectivity index (χ0n) is 20.8. The molecule has 2 aliphatic rings. The standard InChI is InChI=1S/C25H34N6O4/c1-5-26-24(33)27-18-8-6-17(7-9-18)21-28-20-14-30(23(32)25(3,4)34)11-10-19(20)22(29-21)31-12-13-35-15-16(31)2/h6-9,16,34H,5,10-15H2,1-4H3,(H2,26,27,33)/t16-/m1/s1. The van der Waals surface area contributed by atoms with Crippen LogP contribution in [0.1, 0.15) is 39.0 Å². The molecule has 3 heterocycles. The second-order valence-corrected chi connectivity index (χ2v) is 9.51. The number of fused-ring (bicyclic) bond motifs is 1. The van der Waals surface area contributed by atoms with Crippen LogP contribution in [0.4, 0.5) is 16.3 Å². The summed E-state index contributed by atoms with van der Waals surface area (Å²) in [7, 11) is 0. The summed E-state index contributed by atoms with van der Waals surface area (Å²) in [5.41, 5.74) is 1.86. The minimum absolute atomic E-state index is 0.162. The predicted octanol–water partition coefficient (Wildman–Crippen LogP) is 2.17.